The largest absolute Gasteiger partial charge is 0.492 e. The molecule has 0 spiro atoms. The van der Waals surface area contributed by atoms with Gasteiger partial charge in [0.1, 0.15) is 11.5 Å². The lowest BCUT2D eigenvalue weighted by atomic mass is 9.89. The van der Waals surface area contributed by atoms with E-state index in [-0.39, 0.29) is 10.8 Å². The average molecular weight is 407 g/mol. The van der Waals surface area contributed by atoms with E-state index in [1.807, 2.05) is 0 Å². The molecule has 0 amide bonds. The average Bonchev–Trinajstić information content (AvgIpc) is 2.73. The first-order chi connectivity index (χ1) is 14.5. The molecule has 2 saturated heterocycles. The number of aryl methyl sites for hydroxylation is 1. The maximum atomic E-state index is 6.52. The van der Waals surface area contributed by atoms with E-state index in [4.69, 9.17) is 18.9 Å². The zero-order valence-electron chi connectivity index (χ0n) is 18.1. The molecule has 2 fully saturated rings. The van der Waals surface area contributed by atoms with Gasteiger partial charge in [-0.15, -0.1) is 0 Å². The van der Waals surface area contributed by atoms with Gasteiger partial charge in [0.05, 0.1) is 39.6 Å². The second-order valence-electron chi connectivity index (χ2n) is 9.62. The normalized spacial score (nSPS) is 19.3. The first-order valence-corrected chi connectivity index (χ1v) is 10.9. The molecule has 0 atom stereocenters. The summed E-state index contributed by atoms with van der Waals surface area (Å²) >= 11 is 0. The Kier molecular flexibility index (Phi) is 4.87. The number of hydrogen-bond acceptors (Lipinski definition) is 4. The van der Waals surface area contributed by atoms with E-state index in [0.29, 0.717) is 13.2 Å². The minimum absolute atomic E-state index is 0.0871. The highest BCUT2D eigenvalue weighted by atomic mass is 16.5. The fourth-order valence-corrected chi connectivity index (χ4v) is 4.24. The molecule has 2 aliphatic heterocycles. The van der Waals surface area contributed by atoms with E-state index < -0.39 is 0 Å². The SMILES string of the molecule is CCc1ccc2c(OCC3(C)COC3)c3ccccc3c(OCC3(C)COC3)c2c1. The van der Waals surface area contributed by atoms with Crippen LogP contribution < -0.4 is 9.47 Å². The Hall–Kier alpha value is -2.30. The van der Waals surface area contributed by atoms with Gasteiger partial charge in [0.25, 0.3) is 0 Å². The summed E-state index contributed by atoms with van der Waals surface area (Å²) in [5.41, 5.74) is 1.47. The van der Waals surface area contributed by atoms with Crippen molar-refractivity contribution in [2.24, 2.45) is 10.8 Å². The molecule has 0 N–H and O–H groups in total. The van der Waals surface area contributed by atoms with Crippen molar-refractivity contribution in [3.05, 3.63) is 48.0 Å². The van der Waals surface area contributed by atoms with Crippen LogP contribution in [-0.4, -0.2) is 39.6 Å². The molecule has 0 unspecified atom stereocenters. The molecule has 4 heteroatoms. The highest BCUT2D eigenvalue weighted by molar-refractivity contribution is 6.11. The van der Waals surface area contributed by atoms with Crippen molar-refractivity contribution in [2.75, 3.05) is 39.6 Å². The predicted octanol–water partition coefficient (Wildman–Crippen LogP) is 5.39. The number of hydrogen-bond donors (Lipinski definition) is 0. The number of benzene rings is 3. The summed E-state index contributed by atoms with van der Waals surface area (Å²) in [5, 5.41) is 4.44. The van der Waals surface area contributed by atoms with Gasteiger partial charge in [-0.3, -0.25) is 0 Å². The number of rotatable bonds is 7. The summed E-state index contributed by atoms with van der Waals surface area (Å²) in [7, 11) is 0. The fourth-order valence-electron chi connectivity index (χ4n) is 4.24. The molecular weight excluding hydrogens is 376 g/mol. The number of fused-ring (bicyclic) bond motifs is 2. The van der Waals surface area contributed by atoms with Crippen LogP contribution >= 0.6 is 0 Å². The van der Waals surface area contributed by atoms with Crippen LogP contribution in [0, 0.1) is 10.8 Å². The predicted molar refractivity (Wildman–Crippen MR) is 120 cm³/mol. The van der Waals surface area contributed by atoms with E-state index in [0.717, 1.165) is 65.9 Å². The van der Waals surface area contributed by atoms with Crippen molar-refractivity contribution in [2.45, 2.75) is 27.2 Å². The summed E-state index contributed by atoms with van der Waals surface area (Å²) in [5.74, 6) is 1.90. The van der Waals surface area contributed by atoms with Crippen molar-refractivity contribution in [3.63, 3.8) is 0 Å². The van der Waals surface area contributed by atoms with Crippen LogP contribution in [0.4, 0.5) is 0 Å². The fraction of sp³-hybridized carbons (Fsp3) is 0.462. The molecule has 0 aromatic heterocycles. The van der Waals surface area contributed by atoms with Crippen LogP contribution in [0.3, 0.4) is 0 Å². The van der Waals surface area contributed by atoms with Gasteiger partial charge in [-0.25, -0.2) is 0 Å². The third-order valence-corrected chi connectivity index (χ3v) is 6.33. The molecule has 2 heterocycles. The van der Waals surface area contributed by atoms with Gasteiger partial charge in [-0.05, 0) is 18.1 Å². The molecule has 4 nitrogen and oxygen atoms in total. The van der Waals surface area contributed by atoms with Gasteiger partial charge >= 0.3 is 0 Å². The molecule has 3 aromatic rings. The summed E-state index contributed by atoms with van der Waals surface area (Å²) in [6.45, 7) is 10.9. The van der Waals surface area contributed by atoms with E-state index in [9.17, 15) is 0 Å². The molecule has 3 aromatic carbocycles. The summed E-state index contributed by atoms with van der Waals surface area (Å²) in [6.07, 6.45) is 0.985. The van der Waals surface area contributed by atoms with Crippen LogP contribution in [0.5, 0.6) is 11.5 Å². The Morgan fingerprint density at radius 1 is 0.733 bits per heavy atom. The highest BCUT2D eigenvalue weighted by Crippen LogP contribution is 2.44. The quantitative estimate of drug-likeness (QED) is 0.493. The van der Waals surface area contributed by atoms with Crippen molar-refractivity contribution in [1.82, 2.24) is 0 Å². The smallest absolute Gasteiger partial charge is 0.135 e. The Labute approximate surface area is 178 Å². The highest BCUT2D eigenvalue weighted by Gasteiger charge is 2.36. The van der Waals surface area contributed by atoms with Crippen molar-refractivity contribution in [3.8, 4) is 11.5 Å². The second-order valence-corrected chi connectivity index (χ2v) is 9.62. The molecule has 30 heavy (non-hydrogen) atoms. The van der Waals surface area contributed by atoms with Gasteiger partial charge in [0.2, 0.25) is 0 Å². The van der Waals surface area contributed by atoms with Crippen molar-refractivity contribution in [1.29, 1.82) is 0 Å². The van der Waals surface area contributed by atoms with E-state index >= 15 is 0 Å². The molecule has 0 bridgehead atoms. The maximum absolute atomic E-state index is 6.52. The lowest BCUT2D eigenvalue weighted by Crippen LogP contribution is -2.44. The third kappa shape index (κ3) is 3.42. The molecule has 2 aliphatic rings. The topological polar surface area (TPSA) is 36.9 Å². The zero-order chi connectivity index (χ0) is 20.8. The minimum Gasteiger partial charge on any atom is -0.492 e. The zero-order valence-corrected chi connectivity index (χ0v) is 18.1. The summed E-state index contributed by atoms with van der Waals surface area (Å²) in [6, 6.07) is 15.1. The van der Waals surface area contributed by atoms with Gasteiger partial charge in [-0.1, -0.05) is 57.2 Å². The summed E-state index contributed by atoms with van der Waals surface area (Å²) in [4.78, 5) is 0. The Balaban J connectivity index is 1.64. The van der Waals surface area contributed by atoms with Gasteiger partial charge in [-0.2, -0.15) is 0 Å². The lowest BCUT2D eigenvalue weighted by molar-refractivity contribution is -0.120. The lowest BCUT2D eigenvalue weighted by Gasteiger charge is -2.38. The van der Waals surface area contributed by atoms with Crippen LogP contribution in [0.25, 0.3) is 21.5 Å². The van der Waals surface area contributed by atoms with Crippen LogP contribution in [-0.2, 0) is 15.9 Å². The Bertz CT molecular complexity index is 1080. The van der Waals surface area contributed by atoms with Crippen LogP contribution in [0.1, 0.15) is 26.3 Å². The van der Waals surface area contributed by atoms with Gasteiger partial charge in [0.15, 0.2) is 0 Å². The second kappa shape index (κ2) is 7.44. The van der Waals surface area contributed by atoms with E-state index in [1.165, 1.54) is 5.56 Å². The molecule has 0 aliphatic carbocycles. The van der Waals surface area contributed by atoms with Crippen molar-refractivity contribution < 1.29 is 18.9 Å². The first kappa shape index (κ1) is 19.7. The molecule has 5 rings (SSSR count). The standard InChI is InChI=1S/C26H30O4/c1-4-18-9-10-21-22(11-18)24(30-17-26(3)14-28-15-26)20-8-6-5-7-19(20)23(21)29-16-25(2)12-27-13-25/h5-11H,4,12-17H2,1-3H3. The van der Waals surface area contributed by atoms with Crippen LogP contribution in [0.15, 0.2) is 42.5 Å². The molecule has 0 radical (unpaired) electrons. The van der Waals surface area contributed by atoms with Crippen molar-refractivity contribution >= 4 is 21.5 Å². The summed E-state index contributed by atoms with van der Waals surface area (Å²) < 4.78 is 23.9. The van der Waals surface area contributed by atoms with E-state index in [2.05, 4.69) is 63.2 Å². The van der Waals surface area contributed by atoms with E-state index in [1.54, 1.807) is 0 Å². The number of ether oxygens (including phenoxy) is 4. The van der Waals surface area contributed by atoms with Crippen LogP contribution in [0.2, 0.25) is 0 Å². The molecular formula is C26H30O4. The van der Waals surface area contributed by atoms with Gasteiger partial charge < -0.3 is 18.9 Å². The Morgan fingerprint density at radius 3 is 1.70 bits per heavy atom. The maximum Gasteiger partial charge on any atom is 0.135 e. The monoisotopic (exact) mass is 406 g/mol. The minimum atomic E-state index is 0.0871. The van der Waals surface area contributed by atoms with Gasteiger partial charge in [0, 0.05) is 32.4 Å². The Morgan fingerprint density at radius 2 is 1.23 bits per heavy atom. The first-order valence-electron chi connectivity index (χ1n) is 10.9. The third-order valence-electron chi connectivity index (χ3n) is 6.33. The molecule has 158 valence electrons. The molecule has 0 saturated carbocycles.